The van der Waals surface area contributed by atoms with Crippen molar-refractivity contribution in [3.63, 3.8) is 0 Å². The van der Waals surface area contributed by atoms with Gasteiger partial charge in [0.05, 0.1) is 0 Å². The largest absolute Gasteiger partial charge is 0.346 e. The molecule has 0 spiro atoms. The second kappa shape index (κ2) is 7.64. The molecule has 1 heterocycles. The predicted molar refractivity (Wildman–Crippen MR) is 102 cm³/mol. The third kappa shape index (κ3) is 5.02. The van der Waals surface area contributed by atoms with E-state index < -0.39 is 0 Å². The molecule has 2 rings (SSSR count). The van der Waals surface area contributed by atoms with Gasteiger partial charge in [-0.05, 0) is 51.7 Å². The number of hydrogen-bond acceptors (Lipinski definition) is 4. The molecule has 0 unspecified atom stereocenters. The van der Waals surface area contributed by atoms with E-state index in [1.807, 2.05) is 20.8 Å². The van der Waals surface area contributed by atoms with E-state index in [0.29, 0.717) is 17.3 Å². The fourth-order valence-corrected chi connectivity index (χ4v) is 2.68. The smallest absolute Gasteiger partial charge is 0.270 e. The molecule has 1 amide bonds. The number of para-hydroxylation sites is 1. The van der Waals surface area contributed by atoms with E-state index in [1.54, 1.807) is 13.0 Å². The van der Waals surface area contributed by atoms with Crippen LogP contribution in [0.1, 0.15) is 62.1 Å². The predicted octanol–water partition coefficient (Wildman–Crippen LogP) is 4.18. The Morgan fingerprint density at radius 3 is 2.20 bits per heavy atom. The summed E-state index contributed by atoms with van der Waals surface area (Å²) in [5, 5.41) is 6.35. The van der Waals surface area contributed by atoms with Gasteiger partial charge in [-0.2, -0.15) is 0 Å². The fourth-order valence-electron chi connectivity index (χ4n) is 2.68. The first-order chi connectivity index (χ1) is 11.7. The molecular weight excluding hydrogens is 312 g/mol. The lowest BCUT2D eigenvalue weighted by Crippen LogP contribution is -2.41. The van der Waals surface area contributed by atoms with Crippen LogP contribution in [0.3, 0.4) is 0 Å². The highest BCUT2D eigenvalue weighted by molar-refractivity contribution is 5.93. The topological polar surface area (TPSA) is 66.9 Å². The van der Waals surface area contributed by atoms with Gasteiger partial charge in [0.2, 0.25) is 0 Å². The van der Waals surface area contributed by atoms with E-state index in [0.717, 1.165) is 18.5 Å². The Morgan fingerprint density at radius 1 is 1.08 bits per heavy atom. The average molecular weight is 340 g/mol. The van der Waals surface area contributed by atoms with Crippen molar-refractivity contribution in [2.24, 2.45) is 0 Å². The highest BCUT2D eigenvalue weighted by Gasteiger charge is 2.18. The summed E-state index contributed by atoms with van der Waals surface area (Å²) in [4.78, 5) is 21.2. The third-order valence-electron chi connectivity index (χ3n) is 3.81. The number of benzene rings is 1. The summed E-state index contributed by atoms with van der Waals surface area (Å²) in [5.74, 6) is 1.01. The minimum atomic E-state index is -0.312. The zero-order valence-electron chi connectivity index (χ0n) is 16.0. The molecule has 0 fully saturated rings. The number of carbonyl (C=O) groups excluding carboxylic acids is 1. The Kier molecular flexibility index (Phi) is 5.77. The van der Waals surface area contributed by atoms with Crippen LogP contribution >= 0.6 is 0 Å². The molecule has 0 aliphatic rings. The Labute approximate surface area is 150 Å². The number of rotatable bonds is 5. The van der Waals surface area contributed by atoms with Gasteiger partial charge in [0.1, 0.15) is 17.3 Å². The maximum atomic E-state index is 12.4. The zero-order valence-corrected chi connectivity index (χ0v) is 16.0. The van der Waals surface area contributed by atoms with Gasteiger partial charge in [-0.3, -0.25) is 4.79 Å². The fraction of sp³-hybridized carbons (Fsp3) is 0.450. The van der Waals surface area contributed by atoms with Gasteiger partial charge in [0, 0.05) is 17.3 Å². The summed E-state index contributed by atoms with van der Waals surface area (Å²) in [6.45, 7) is 11.9. The first kappa shape index (κ1) is 18.9. The zero-order chi connectivity index (χ0) is 18.6. The molecule has 2 aromatic rings. The molecule has 0 saturated carbocycles. The molecule has 0 aliphatic heterocycles. The van der Waals surface area contributed by atoms with Crippen molar-refractivity contribution < 1.29 is 4.79 Å². The summed E-state index contributed by atoms with van der Waals surface area (Å²) >= 11 is 0. The van der Waals surface area contributed by atoms with Crippen LogP contribution in [-0.4, -0.2) is 21.4 Å². The third-order valence-corrected chi connectivity index (χ3v) is 3.81. The molecule has 2 N–H and O–H groups in total. The molecule has 5 heteroatoms. The molecule has 5 nitrogen and oxygen atoms in total. The highest BCUT2D eigenvalue weighted by atomic mass is 16.2. The minimum Gasteiger partial charge on any atom is -0.346 e. The van der Waals surface area contributed by atoms with Crippen LogP contribution < -0.4 is 10.6 Å². The number of anilines is 2. The summed E-state index contributed by atoms with van der Waals surface area (Å²) in [6.07, 6.45) is 1.86. The molecule has 134 valence electrons. The van der Waals surface area contributed by atoms with Crippen LogP contribution in [0.4, 0.5) is 11.5 Å². The van der Waals surface area contributed by atoms with E-state index in [1.165, 1.54) is 11.1 Å². The Hall–Kier alpha value is -2.43. The minimum absolute atomic E-state index is 0.194. The first-order valence-corrected chi connectivity index (χ1v) is 8.79. The standard InChI is InChI=1S/C20H28N4O/c1-7-14-10-9-11-15(8-2)18(14)23-17-12-16(21-13(3)22-17)19(25)24-20(4,5)6/h9-12H,7-8H2,1-6H3,(H,24,25)(H,21,22,23). The van der Waals surface area contributed by atoms with Crippen molar-refractivity contribution in [3.05, 3.63) is 46.9 Å². The molecule has 0 saturated heterocycles. The van der Waals surface area contributed by atoms with E-state index >= 15 is 0 Å². The molecule has 1 aromatic heterocycles. The number of carbonyl (C=O) groups is 1. The second-order valence-electron chi connectivity index (χ2n) is 7.17. The monoisotopic (exact) mass is 340 g/mol. The number of aromatic nitrogens is 2. The molecule has 0 radical (unpaired) electrons. The van der Waals surface area contributed by atoms with Crippen molar-refractivity contribution >= 4 is 17.4 Å². The van der Waals surface area contributed by atoms with Gasteiger partial charge in [0.25, 0.3) is 5.91 Å². The lowest BCUT2D eigenvalue weighted by molar-refractivity contribution is 0.0914. The number of amides is 1. The van der Waals surface area contributed by atoms with Crippen LogP contribution in [0.5, 0.6) is 0 Å². The van der Waals surface area contributed by atoms with Crippen molar-refractivity contribution in [1.29, 1.82) is 0 Å². The van der Waals surface area contributed by atoms with Crippen LogP contribution in [0.15, 0.2) is 24.3 Å². The van der Waals surface area contributed by atoms with E-state index in [9.17, 15) is 4.79 Å². The molecule has 0 aliphatic carbocycles. The van der Waals surface area contributed by atoms with Crippen molar-refractivity contribution in [2.45, 2.75) is 59.9 Å². The first-order valence-electron chi connectivity index (χ1n) is 8.79. The number of nitrogens with one attached hydrogen (secondary N) is 2. The number of aryl methyl sites for hydroxylation is 3. The van der Waals surface area contributed by atoms with Crippen molar-refractivity contribution in [3.8, 4) is 0 Å². The second-order valence-corrected chi connectivity index (χ2v) is 7.17. The summed E-state index contributed by atoms with van der Waals surface area (Å²) in [6, 6.07) is 8.02. The van der Waals surface area contributed by atoms with E-state index in [2.05, 4.69) is 52.6 Å². The number of nitrogens with zero attached hydrogens (tertiary/aromatic N) is 2. The molecule has 25 heavy (non-hydrogen) atoms. The lowest BCUT2D eigenvalue weighted by atomic mass is 10.0. The highest BCUT2D eigenvalue weighted by Crippen LogP contribution is 2.26. The van der Waals surface area contributed by atoms with E-state index in [4.69, 9.17) is 0 Å². The van der Waals surface area contributed by atoms with Crippen LogP contribution in [0.25, 0.3) is 0 Å². The Balaban J connectivity index is 2.37. The Morgan fingerprint density at radius 2 is 1.68 bits per heavy atom. The van der Waals surface area contributed by atoms with Gasteiger partial charge in [-0.25, -0.2) is 9.97 Å². The van der Waals surface area contributed by atoms with Gasteiger partial charge in [0.15, 0.2) is 0 Å². The van der Waals surface area contributed by atoms with Crippen molar-refractivity contribution in [2.75, 3.05) is 5.32 Å². The summed E-state index contributed by atoms with van der Waals surface area (Å²) in [7, 11) is 0. The molecule has 0 bridgehead atoms. The van der Waals surface area contributed by atoms with Gasteiger partial charge in [-0.1, -0.05) is 32.0 Å². The maximum absolute atomic E-state index is 12.4. The number of hydrogen-bond donors (Lipinski definition) is 2. The normalized spacial score (nSPS) is 11.3. The summed E-state index contributed by atoms with van der Waals surface area (Å²) < 4.78 is 0. The van der Waals surface area contributed by atoms with Crippen molar-refractivity contribution in [1.82, 2.24) is 15.3 Å². The molecule has 1 aromatic carbocycles. The molecular formula is C20H28N4O. The van der Waals surface area contributed by atoms with Crippen LogP contribution in [0.2, 0.25) is 0 Å². The average Bonchev–Trinajstić information content (AvgIpc) is 2.53. The van der Waals surface area contributed by atoms with Crippen LogP contribution in [0, 0.1) is 6.92 Å². The maximum Gasteiger partial charge on any atom is 0.270 e. The van der Waals surface area contributed by atoms with Gasteiger partial charge < -0.3 is 10.6 Å². The molecule has 0 atom stereocenters. The Bertz CT molecular complexity index is 741. The van der Waals surface area contributed by atoms with Gasteiger partial charge >= 0.3 is 0 Å². The lowest BCUT2D eigenvalue weighted by Gasteiger charge is -2.20. The quantitative estimate of drug-likeness (QED) is 0.857. The van der Waals surface area contributed by atoms with Gasteiger partial charge in [-0.15, -0.1) is 0 Å². The SMILES string of the molecule is CCc1cccc(CC)c1Nc1cc(C(=O)NC(C)(C)C)nc(C)n1. The van der Waals surface area contributed by atoms with Crippen LogP contribution in [-0.2, 0) is 12.8 Å². The summed E-state index contributed by atoms with van der Waals surface area (Å²) in [5.41, 5.74) is 3.60. The van der Waals surface area contributed by atoms with E-state index in [-0.39, 0.29) is 11.4 Å².